The fraction of sp³-hybridized carbons (Fsp3) is 0.647. The number of ether oxygens (including phenoxy) is 3. The van der Waals surface area contributed by atoms with E-state index in [1.165, 1.54) is 0 Å². The average molecular weight is 449 g/mol. The van der Waals surface area contributed by atoms with Crippen molar-refractivity contribution < 1.29 is 43.0 Å². The quantitative estimate of drug-likeness (QED) is 0.209. The van der Waals surface area contributed by atoms with E-state index in [0.29, 0.717) is 4.90 Å². The number of carbonyl (C=O) groups excluding carboxylic acids is 6. The first kappa shape index (κ1) is 27.3. The number of nitrogens with zero attached hydrogens (tertiary/aromatic N) is 1. The Morgan fingerprint density at radius 1 is 1.10 bits per heavy atom. The molecule has 0 aromatic rings. The molecule has 2 unspecified atom stereocenters. The number of likely N-dealkylation sites (N-methyl/N-ethyl adjacent to an activating group) is 1. The molecule has 0 saturated heterocycles. The number of amides is 3. The van der Waals surface area contributed by atoms with E-state index in [0.717, 1.165) is 33.0 Å². The molecule has 0 aliphatic carbocycles. The number of thioether (sulfide) groups is 1. The van der Waals surface area contributed by atoms with Gasteiger partial charge in [0.25, 0.3) is 5.91 Å². The first-order valence-corrected chi connectivity index (χ1v) is 10.00. The highest BCUT2D eigenvalue weighted by Gasteiger charge is 2.29. The molecule has 0 aliphatic rings. The third kappa shape index (κ3) is 9.69. The van der Waals surface area contributed by atoms with Crippen molar-refractivity contribution in [1.82, 2.24) is 10.2 Å². The fourth-order valence-electron chi connectivity index (χ4n) is 2.00. The molecule has 0 aliphatic heterocycles. The van der Waals surface area contributed by atoms with Crippen molar-refractivity contribution >= 4 is 47.4 Å². The van der Waals surface area contributed by atoms with Gasteiger partial charge in [0.1, 0.15) is 12.1 Å². The Morgan fingerprint density at radius 3 is 2.27 bits per heavy atom. The Kier molecular flexibility index (Phi) is 13.1. The highest BCUT2D eigenvalue weighted by atomic mass is 32.2. The summed E-state index contributed by atoms with van der Waals surface area (Å²) in [7, 11) is 3.41. The van der Waals surface area contributed by atoms with E-state index < -0.39 is 47.7 Å². The lowest BCUT2D eigenvalue weighted by Crippen LogP contribution is -2.50. The van der Waals surface area contributed by atoms with E-state index in [1.807, 2.05) is 0 Å². The summed E-state index contributed by atoms with van der Waals surface area (Å²) in [5, 5.41) is 2.42. The van der Waals surface area contributed by atoms with Crippen LogP contribution in [0.15, 0.2) is 0 Å². The topological polar surface area (TPSA) is 171 Å². The van der Waals surface area contributed by atoms with E-state index in [4.69, 9.17) is 5.73 Å². The molecular weight excluding hydrogens is 422 g/mol. The summed E-state index contributed by atoms with van der Waals surface area (Å²) in [5.74, 6) is -4.28. The van der Waals surface area contributed by atoms with Gasteiger partial charge < -0.3 is 25.3 Å². The molecule has 0 rings (SSSR count). The van der Waals surface area contributed by atoms with Gasteiger partial charge in [0.05, 0.1) is 26.6 Å². The van der Waals surface area contributed by atoms with Gasteiger partial charge in [0.2, 0.25) is 11.7 Å². The molecular formula is C17H27N3O9S. The highest BCUT2D eigenvalue weighted by molar-refractivity contribution is 8.00. The van der Waals surface area contributed by atoms with Crippen molar-refractivity contribution in [1.29, 1.82) is 0 Å². The van der Waals surface area contributed by atoms with E-state index in [-0.39, 0.29) is 31.0 Å². The Hall–Kier alpha value is -2.67. The molecule has 3 amide bonds. The molecule has 0 bridgehead atoms. The number of nitrogens with one attached hydrogen (secondary N) is 1. The number of Topliss-reactive ketones (excluding diaryl/α,β-unsaturated/α-hetero) is 1. The van der Waals surface area contributed by atoms with Gasteiger partial charge in [-0.15, -0.1) is 0 Å². The molecule has 3 N–H and O–H groups in total. The highest BCUT2D eigenvalue weighted by Crippen LogP contribution is 2.08. The van der Waals surface area contributed by atoms with Gasteiger partial charge in [-0.25, -0.2) is 14.5 Å². The van der Waals surface area contributed by atoms with Crippen LogP contribution in [0.5, 0.6) is 0 Å². The van der Waals surface area contributed by atoms with Crippen molar-refractivity contribution in [3.05, 3.63) is 0 Å². The minimum absolute atomic E-state index is 0.0270. The van der Waals surface area contributed by atoms with Crippen molar-refractivity contribution in [2.75, 3.05) is 39.4 Å². The third-order valence-electron chi connectivity index (χ3n) is 3.62. The zero-order chi connectivity index (χ0) is 23.3. The van der Waals surface area contributed by atoms with Gasteiger partial charge in [-0.1, -0.05) is 0 Å². The average Bonchev–Trinajstić information content (AvgIpc) is 2.74. The van der Waals surface area contributed by atoms with Crippen LogP contribution in [0.4, 0.5) is 4.79 Å². The maximum Gasteiger partial charge on any atom is 0.416 e. The molecule has 0 saturated carbocycles. The number of hydrogen-bond acceptors (Lipinski definition) is 11. The number of esters is 2. The van der Waals surface area contributed by atoms with Crippen LogP contribution >= 0.6 is 11.8 Å². The predicted molar refractivity (Wildman–Crippen MR) is 105 cm³/mol. The van der Waals surface area contributed by atoms with Crippen LogP contribution in [-0.4, -0.2) is 92.0 Å². The molecule has 0 heterocycles. The number of ketones is 1. The number of carbonyl (C=O) groups is 6. The van der Waals surface area contributed by atoms with Crippen LogP contribution in [-0.2, 0) is 38.2 Å². The van der Waals surface area contributed by atoms with Gasteiger partial charge in [0.15, 0.2) is 0 Å². The maximum absolute atomic E-state index is 12.5. The van der Waals surface area contributed by atoms with Gasteiger partial charge >= 0.3 is 18.0 Å². The molecule has 2 atom stereocenters. The van der Waals surface area contributed by atoms with E-state index in [1.54, 1.807) is 6.92 Å². The molecule has 30 heavy (non-hydrogen) atoms. The molecule has 0 fully saturated rings. The Labute approximate surface area is 178 Å². The van der Waals surface area contributed by atoms with Crippen molar-refractivity contribution in [2.24, 2.45) is 5.73 Å². The van der Waals surface area contributed by atoms with E-state index >= 15 is 0 Å². The van der Waals surface area contributed by atoms with Gasteiger partial charge in [0, 0.05) is 19.2 Å². The Balaban J connectivity index is 4.99. The molecule has 12 nitrogen and oxygen atoms in total. The molecule has 170 valence electrons. The summed E-state index contributed by atoms with van der Waals surface area (Å²) >= 11 is 0.900. The summed E-state index contributed by atoms with van der Waals surface area (Å²) in [6.07, 6.45) is -1.16. The molecule has 13 heteroatoms. The molecule has 0 radical (unpaired) electrons. The molecule has 0 spiro atoms. The third-order valence-corrected chi connectivity index (χ3v) is 4.65. The normalized spacial score (nSPS) is 12.2. The lowest BCUT2D eigenvalue weighted by molar-refractivity contribution is -0.152. The zero-order valence-corrected chi connectivity index (χ0v) is 18.1. The zero-order valence-electron chi connectivity index (χ0n) is 17.3. The summed E-state index contributed by atoms with van der Waals surface area (Å²) < 4.78 is 13.5. The number of hydrogen-bond donors (Lipinski definition) is 2. The smallest absolute Gasteiger partial charge is 0.416 e. The first-order valence-electron chi connectivity index (χ1n) is 8.84. The van der Waals surface area contributed by atoms with Crippen LogP contribution in [0.3, 0.4) is 0 Å². The van der Waals surface area contributed by atoms with Gasteiger partial charge in [-0.05, 0) is 13.3 Å². The summed E-state index contributed by atoms with van der Waals surface area (Å²) in [6.45, 7) is 1.60. The second kappa shape index (κ2) is 14.3. The van der Waals surface area contributed by atoms with Crippen LogP contribution in [0.1, 0.15) is 19.8 Å². The fourth-order valence-corrected chi connectivity index (χ4v) is 2.88. The summed E-state index contributed by atoms with van der Waals surface area (Å²) in [5.41, 5.74) is 5.56. The van der Waals surface area contributed by atoms with Crippen molar-refractivity contribution in [3.63, 3.8) is 0 Å². The van der Waals surface area contributed by atoms with E-state index in [9.17, 15) is 28.8 Å². The lowest BCUT2D eigenvalue weighted by atomic mass is 10.1. The second-order valence-corrected chi connectivity index (χ2v) is 6.84. The Bertz CT molecular complexity index is 656. The Morgan fingerprint density at radius 2 is 1.73 bits per heavy atom. The second-order valence-electron chi connectivity index (χ2n) is 5.81. The van der Waals surface area contributed by atoms with Crippen molar-refractivity contribution in [2.45, 2.75) is 31.8 Å². The standard InChI is InChI=1S/C17H27N3O9S/c1-5-29-16(25)12(21)9-30-8-11(14(23)20(2)17(26)28-4)19-13(22)7-6-10(18)15(24)27-3/h10-11H,5-9,18H2,1-4H3,(H,19,22). The monoisotopic (exact) mass is 449 g/mol. The van der Waals surface area contributed by atoms with Crippen LogP contribution in [0.2, 0.25) is 0 Å². The van der Waals surface area contributed by atoms with Gasteiger partial charge in [-0.3, -0.25) is 19.2 Å². The SMILES string of the molecule is CCOC(=O)C(=O)CSCC(NC(=O)CCC(N)C(=O)OC)C(=O)N(C)C(=O)OC. The van der Waals surface area contributed by atoms with Crippen molar-refractivity contribution in [3.8, 4) is 0 Å². The summed E-state index contributed by atoms with van der Waals surface area (Å²) in [6, 6.07) is -2.21. The lowest BCUT2D eigenvalue weighted by Gasteiger charge is -2.22. The molecule has 0 aromatic carbocycles. The van der Waals surface area contributed by atoms with Crippen LogP contribution < -0.4 is 11.1 Å². The number of imide groups is 1. The maximum atomic E-state index is 12.5. The van der Waals surface area contributed by atoms with Crippen LogP contribution in [0, 0.1) is 0 Å². The number of rotatable bonds is 12. The van der Waals surface area contributed by atoms with E-state index in [2.05, 4.69) is 19.5 Å². The minimum atomic E-state index is -1.20. The minimum Gasteiger partial charge on any atom is -0.468 e. The number of methoxy groups -OCH3 is 2. The van der Waals surface area contributed by atoms with Crippen LogP contribution in [0.25, 0.3) is 0 Å². The largest absolute Gasteiger partial charge is 0.468 e. The molecule has 0 aromatic heterocycles. The predicted octanol–water partition coefficient (Wildman–Crippen LogP) is -1.16. The van der Waals surface area contributed by atoms with Gasteiger partial charge in [-0.2, -0.15) is 11.8 Å². The number of nitrogens with two attached hydrogens (primary N) is 1. The first-order chi connectivity index (χ1) is 14.1. The summed E-state index contributed by atoms with van der Waals surface area (Å²) in [4.78, 5) is 71.2.